The van der Waals surface area contributed by atoms with Crippen LogP contribution in [0.25, 0.3) is 0 Å². The Hall–Kier alpha value is 1.13. The van der Waals surface area contributed by atoms with Crippen LogP contribution in [-0.2, 0) is 0 Å². The third-order valence-electron chi connectivity index (χ3n) is 0. The molecule has 0 spiro atoms. The average Bonchev–Trinajstić information content (AvgIpc) is 0.918. The van der Waals surface area contributed by atoms with Crippen LogP contribution in [0.3, 0.4) is 0 Å². The largest absolute Gasteiger partial charge is 1.00 e. The van der Waals surface area contributed by atoms with E-state index in [1.54, 1.807) is 0 Å². The van der Waals surface area contributed by atoms with Gasteiger partial charge in [0.15, 0.2) is 5.34 Å². The summed E-state index contributed by atoms with van der Waals surface area (Å²) in [5.41, 5.74) is 0. The van der Waals surface area contributed by atoms with Gasteiger partial charge in [-0.3, -0.25) is 0 Å². The van der Waals surface area contributed by atoms with E-state index in [0.717, 1.165) is 0 Å². The molecule has 0 amide bonds. The first-order chi connectivity index (χ1) is 1.41. The van der Waals surface area contributed by atoms with Crippen molar-refractivity contribution >= 4 is 0 Å². The molecule has 0 aliphatic carbocycles. The van der Waals surface area contributed by atoms with E-state index in [1.807, 2.05) is 0 Å². The molecule has 0 aromatic carbocycles. The van der Waals surface area contributed by atoms with Crippen molar-refractivity contribution < 1.29 is 58.7 Å². The SMILES string of the molecule is O=NO.[I-].[Na+]. The van der Waals surface area contributed by atoms with Gasteiger partial charge in [0.25, 0.3) is 0 Å². The Kier molecular flexibility index (Phi) is 63.5. The van der Waals surface area contributed by atoms with Crippen LogP contribution in [0.4, 0.5) is 0 Å². The summed E-state index contributed by atoms with van der Waals surface area (Å²) in [6.07, 6.45) is 0. The Labute approximate surface area is 68.4 Å². The Morgan fingerprint density at radius 1 is 1.60 bits per heavy atom. The summed E-state index contributed by atoms with van der Waals surface area (Å²) in [6.45, 7) is 0. The van der Waals surface area contributed by atoms with Crippen LogP contribution in [0.2, 0.25) is 0 Å². The number of hydrogen-bond donors (Lipinski definition) is 1. The predicted molar refractivity (Wildman–Crippen MR) is 7.58 cm³/mol. The monoisotopic (exact) mass is 197 g/mol. The zero-order valence-corrected chi connectivity index (χ0v) is 6.84. The molecule has 0 unspecified atom stereocenters. The number of nitrogens with zero attached hydrogens (tertiary/aromatic N) is 1. The molecule has 5 heteroatoms. The maximum atomic E-state index is 8.11. The van der Waals surface area contributed by atoms with E-state index in [4.69, 9.17) is 10.1 Å². The van der Waals surface area contributed by atoms with Crippen molar-refractivity contribution in [3.05, 3.63) is 4.91 Å². The fourth-order valence-corrected chi connectivity index (χ4v) is 0. The van der Waals surface area contributed by atoms with Gasteiger partial charge in [-0.25, -0.2) is 0 Å². The van der Waals surface area contributed by atoms with Crippen LogP contribution in [-0.4, -0.2) is 5.21 Å². The van der Waals surface area contributed by atoms with Crippen LogP contribution < -0.4 is 53.5 Å². The Morgan fingerprint density at radius 2 is 1.60 bits per heavy atom. The number of halogens is 1. The Morgan fingerprint density at radius 3 is 1.60 bits per heavy atom. The van der Waals surface area contributed by atoms with E-state index in [9.17, 15) is 0 Å². The first kappa shape index (κ1) is 16.5. The van der Waals surface area contributed by atoms with Gasteiger partial charge in [0.2, 0.25) is 0 Å². The summed E-state index contributed by atoms with van der Waals surface area (Å²) in [6, 6.07) is 0. The van der Waals surface area contributed by atoms with Gasteiger partial charge in [0.05, 0.1) is 0 Å². The van der Waals surface area contributed by atoms with Crippen LogP contribution in [0, 0.1) is 4.91 Å². The Bertz CT molecular complexity index is 17.1. The summed E-state index contributed by atoms with van der Waals surface area (Å²) in [4.78, 5) is 8.11. The average molecular weight is 197 g/mol. The van der Waals surface area contributed by atoms with Crippen molar-refractivity contribution in [2.45, 2.75) is 0 Å². The molecule has 0 rings (SSSR count). The standard InChI is InChI=1S/HI.HNO2.Na/c;2-1-3;/h1H;(H,2,3);/q;;+1/p-1. The molecular formula is HINNaO2. The van der Waals surface area contributed by atoms with E-state index in [2.05, 4.69) is 0 Å². The molecule has 26 valence electrons. The van der Waals surface area contributed by atoms with E-state index in [0.29, 0.717) is 0 Å². The molecule has 0 saturated carbocycles. The normalized spacial score (nSPS) is 2.40. The molecule has 0 atom stereocenters. The van der Waals surface area contributed by atoms with Crippen molar-refractivity contribution in [1.29, 1.82) is 0 Å². The van der Waals surface area contributed by atoms with Gasteiger partial charge in [-0.15, -0.1) is 4.91 Å². The summed E-state index contributed by atoms with van der Waals surface area (Å²) < 4.78 is 0. The molecule has 1 N–H and O–H groups in total. The topological polar surface area (TPSA) is 49.7 Å². The number of rotatable bonds is 0. The van der Waals surface area contributed by atoms with Crippen LogP contribution in [0.5, 0.6) is 0 Å². The fraction of sp³-hybridized carbons (Fsp3) is 0. The molecule has 5 heavy (non-hydrogen) atoms. The fourth-order valence-electron chi connectivity index (χ4n) is 0. The molecule has 0 bridgehead atoms. The van der Waals surface area contributed by atoms with Crippen molar-refractivity contribution in [3.63, 3.8) is 0 Å². The second-order valence-electron chi connectivity index (χ2n) is 0.0816. The first-order valence-corrected chi connectivity index (χ1v) is 0.383. The first-order valence-electron chi connectivity index (χ1n) is 0.383. The molecule has 0 saturated heterocycles. The summed E-state index contributed by atoms with van der Waals surface area (Å²) in [7, 11) is 0. The van der Waals surface area contributed by atoms with Gasteiger partial charge in [-0.1, -0.05) is 0 Å². The van der Waals surface area contributed by atoms with Crippen LogP contribution in [0.1, 0.15) is 0 Å². The minimum absolute atomic E-state index is 0. The molecule has 0 fully saturated rings. The molecule has 0 aliphatic rings. The van der Waals surface area contributed by atoms with Gasteiger partial charge in [0, 0.05) is 0 Å². The minimum Gasteiger partial charge on any atom is -1.00 e. The molecule has 3 nitrogen and oxygen atoms in total. The summed E-state index contributed by atoms with van der Waals surface area (Å²) in [5, 5.41) is 7.89. The molecule has 0 aromatic heterocycles. The quantitative estimate of drug-likeness (QED) is 0.182. The molecule has 0 radical (unpaired) electrons. The van der Waals surface area contributed by atoms with Crippen molar-refractivity contribution in [2.24, 2.45) is 5.34 Å². The molecule has 0 aliphatic heterocycles. The second-order valence-corrected chi connectivity index (χ2v) is 0.0816. The molecular weight excluding hydrogens is 196 g/mol. The third kappa shape index (κ3) is 39.4. The van der Waals surface area contributed by atoms with Gasteiger partial charge in [0.1, 0.15) is 0 Å². The smallest absolute Gasteiger partial charge is 1.00 e. The predicted octanol–water partition coefficient (Wildman–Crippen LogP) is -5.85. The van der Waals surface area contributed by atoms with Crippen molar-refractivity contribution in [3.8, 4) is 0 Å². The van der Waals surface area contributed by atoms with Gasteiger partial charge >= 0.3 is 29.6 Å². The zero-order chi connectivity index (χ0) is 2.71. The van der Waals surface area contributed by atoms with Crippen LogP contribution in [0.15, 0.2) is 5.34 Å². The van der Waals surface area contributed by atoms with Crippen molar-refractivity contribution in [2.75, 3.05) is 0 Å². The summed E-state index contributed by atoms with van der Waals surface area (Å²) >= 11 is 0. The van der Waals surface area contributed by atoms with Gasteiger partial charge in [-0.2, -0.15) is 0 Å². The molecule has 0 heterocycles. The third-order valence-corrected chi connectivity index (χ3v) is 0. The maximum Gasteiger partial charge on any atom is 1.00 e. The number of hydrogen-bond acceptors (Lipinski definition) is 2. The summed E-state index contributed by atoms with van der Waals surface area (Å²) in [5.74, 6) is 0. The maximum absolute atomic E-state index is 8.11. The van der Waals surface area contributed by atoms with Crippen molar-refractivity contribution in [1.82, 2.24) is 0 Å². The van der Waals surface area contributed by atoms with E-state index >= 15 is 0 Å². The second kappa shape index (κ2) is 19.3. The van der Waals surface area contributed by atoms with Gasteiger partial charge in [-0.05, 0) is 0 Å². The van der Waals surface area contributed by atoms with Crippen LogP contribution >= 0.6 is 0 Å². The van der Waals surface area contributed by atoms with E-state index in [1.165, 1.54) is 5.34 Å². The minimum atomic E-state index is 0. The van der Waals surface area contributed by atoms with Gasteiger partial charge < -0.3 is 29.2 Å². The Balaban J connectivity index is -0.0000000200. The van der Waals surface area contributed by atoms with E-state index in [-0.39, 0.29) is 53.5 Å². The zero-order valence-electron chi connectivity index (χ0n) is 2.68. The molecule has 0 aromatic rings. The van der Waals surface area contributed by atoms with E-state index < -0.39 is 0 Å².